The average molecular weight is 196 g/mol. The average Bonchev–Trinajstić information content (AvgIpc) is 2.49. The fraction of sp³-hybridized carbons (Fsp3) is 1.00. The Kier molecular flexibility index (Phi) is 4.47. The first-order chi connectivity index (χ1) is 6.52. The lowest BCUT2D eigenvalue weighted by Gasteiger charge is -2.29. The lowest BCUT2D eigenvalue weighted by Crippen LogP contribution is -2.21. The topological polar surface area (TPSA) is 0 Å². The molecule has 1 saturated carbocycles. The highest BCUT2D eigenvalue weighted by Gasteiger charge is 2.33. The van der Waals surface area contributed by atoms with E-state index in [4.69, 9.17) is 0 Å². The van der Waals surface area contributed by atoms with E-state index in [9.17, 15) is 0 Å². The molecule has 0 nitrogen and oxygen atoms in total. The van der Waals surface area contributed by atoms with Crippen molar-refractivity contribution >= 4 is 0 Å². The van der Waals surface area contributed by atoms with E-state index >= 15 is 0 Å². The van der Waals surface area contributed by atoms with Gasteiger partial charge in [0.2, 0.25) is 0 Å². The fourth-order valence-corrected chi connectivity index (χ4v) is 3.47. The van der Waals surface area contributed by atoms with Gasteiger partial charge in [-0.25, -0.2) is 0 Å². The molecule has 1 fully saturated rings. The van der Waals surface area contributed by atoms with Crippen molar-refractivity contribution in [3.63, 3.8) is 0 Å². The van der Waals surface area contributed by atoms with Crippen molar-refractivity contribution in [2.45, 2.75) is 60.3 Å². The van der Waals surface area contributed by atoms with Gasteiger partial charge in [-0.2, -0.15) is 0 Å². The molecular weight excluding hydrogens is 168 g/mol. The molecule has 0 heteroatoms. The summed E-state index contributed by atoms with van der Waals surface area (Å²) >= 11 is 0. The van der Waals surface area contributed by atoms with E-state index in [1.165, 1.54) is 25.7 Å². The van der Waals surface area contributed by atoms with Gasteiger partial charge in [0, 0.05) is 0 Å². The first-order valence-electron chi connectivity index (χ1n) is 6.52. The van der Waals surface area contributed by atoms with Crippen molar-refractivity contribution in [2.75, 3.05) is 0 Å². The van der Waals surface area contributed by atoms with Crippen molar-refractivity contribution < 1.29 is 0 Å². The van der Waals surface area contributed by atoms with Crippen LogP contribution in [0.25, 0.3) is 0 Å². The molecule has 14 heavy (non-hydrogen) atoms. The Hall–Kier alpha value is 0. The zero-order valence-corrected chi connectivity index (χ0v) is 10.7. The molecule has 0 aliphatic heterocycles. The summed E-state index contributed by atoms with van der Waals surface area (Å²) in [6.45, 7) is 12.0. The largest absolute Gasteiger partial charge is 0.0628 e. The normalized spacial score (nSPS) is 30.2. The lowest BCUT2D eigenvalue weighted by atomic mass is 9.76. The Labute approximate surface area is 90.5 Å². The van der Waals surface area contributed by atoms with Crippen LogP contribution in [0.2, 0.25) is 0 Å². The minimum atomic E-state index is 0.874. The summed E-state index contributed by atoms with van der Waals surface area (Å²) in [6.07, 6.45) is 5.89. The van der Waals surface area contributed by atoms with Crippen molar-refractivity contribution in [1.29, 1.82) is 0 Å². The number of rotatable bonds is 4. The third kappa shape index (κ3) is 3.00. The molecule has 1 rings (SSSR count). The van der Waals surface area contributed by atoms with Gasteiger partial charge in [-0.1, -0.05) is 41.0 Å². The maximum absolute atomic E-state index is 2.48. The maximum atomic E-state index is 2.48. The lowest BCUT2D eigenvalue weighted by molar-refractivity contribution is 0.201. The van der Waals surface area contributed by atoms with Gasteiger partial charge in [-0.05, 0) is 48.9 Å². The molecule has 3 unspecified atom stereocenters. The predicted octanol–water partition coefficient (Wildman–Crippen LogP) is 4.74. The zero-order valence-electron chi connectivity index (χ0n) is 10.7. The number of hydrogen-bond donors (Lipinski definition) is 0. The molecule has 0 bridgehead atoms. The summed E-state index contributed by atoms with van der Waals surface area (Å²) in [5.74, 6) is 4.77. The summed E-state index contributed by atoms with van der Waals surface area (Å²) in [6, 6.07) is 0. The molecule has 0 aromatic heterocycles. The minimum Gasteiger partial charge on any atom is -0.0628 e. The summed E-state index contributed by atoms with van der Waals surface area (Å²) in [5.41, 5.74) is 0. The van der Waals surface area contributed by atoms with Gasteiger partial charge in [0.25, 0.3) is 0 Å². The van der Waals surface area contributed by atoms with Gasteiger partial charge in [0.1, 0.15) is 0 Å². The van der Waals surface area contributed by atoms with Crippen LogP contribution in [0.4, 0.5) is 0 Å². The Morgan fingerprint density at radius 3 is 2.00 bits per heavy atom. The van der Waals surface area contributed by atoms with Crippen LogP contribution in [-0.4, -0.2) is 0 Å². The van der Waals surface area contributed by atoms with E-state index in [1.807, 2.05) is 0 Å². The quantitative estimate of drug-likeness (QED) is 0.609. The molecule has 0 aromatic rings. The molecular formula is C14H28. The highest BCUT2D eigenvalue weighted by atomic mass is 14.4. The second-order valence-corrected chi connectivity index (χ2v) is 6.11. The van der Waals surface area contributed by atoms with Crippen molar-refractivity contribution in [1.82, 2.24) is 0 Å². The highest BCUT2D eigenvalue weighted by molar-refractivity contribution is 4.83. The van der Waals surface area contributed by atoms with Crippen LogP contribution in [0, 0.1) is 29.6 Å². The Balaban J connectivity index is 2.49. The van der Waals surface area contributed by atoms with Gasteiger partial charge in [-0.3, -0.25) is 0 Å². The molecule has 0 radical (unpaired) electrons. The third-order valence-electron chi connectivity index (χ3n) is 4.06. The molecule has 84 valence electrons. The molecule has 0 spiro atoms. The van der Waals surface area contributed by atoms with Crippen LogP contribution in [0.1, 0.15) is 60.3 Å². The van der Waals surface area contributed by atoms with Crippen LogP contribution in [0.3, 0.4) is 0 Å². The van der Waals surface area contributed by atoms with Gasteiger partial charge >= 0.3 is 0 Å². The van der Waals surface area contributed by atoms with Crippen LogP contribution < -0.4 is 0 Å². The van der Waals surface area contributed by atoms with E-state index < -0.39 is 0 Å². The molecule has 0 amide bonds. The monoisotopic (exact) mass is 196 g/mol. The van der Waals surface area contributed by atoms with Gasteiger partial charge in [0.05, 0.1) is 0 Å². The van der Waals surface area contributed by atoms with Crippen LogP contribution >= 0.6 is 0 Å². The van der Waals surface area contributed by atoms with Crippen LogP contribution in [-0.2, 0) is 0 Å². The Morgan fingerprint density at radius 1 is 0.929 bits per heavy atom. The van der Waals surface area contributed by atoms with E-state index in [1.54, 1.807) is 0 Å². The molecule has 0 N–H and O–H groups in total. The van der Waals surface area contributed by atoms with Crippen molar-refractivity contribution in [3.05, 3.63) is 0 Å². The van der Waals surface area contributed by atoms with Gasteiger partial charge in [-0.15, -0.1) is 0 Å². The summed E-state index contributed by atoms with van der Waals surface area (Å²) < 4.78 is 0. The Morgan fingerprint density at radius 2 is 1.50 bits per heavy atom. The van der Waals surface area contributed by atoms with Crippen LogP contribution in [0.15, 0.2) is 0 Å². The second-order valence-electron chi connectivity index (χ2n) is 6.11. The molecule has 0 saturated heterocycles. The standard InChI is InChI=1S/C14H28/c1-10(2)9-12(5)14-8-6-7-13(14)11(3)4/h10-14H,6-9H2,1-5H3. The Bertz CT molecular complexity index is 157. The minimum absolute atomic E-state index is 0.874. The second kappa shape index (κ2) is 5.19. The van der Waals surface area contributed by atoms with Crippen molar-refractivity contribution in [3.8, 4) is 0 Å². The molecule has 1 aliphatic carbocycles. The fourth-order valence-electron chi connectivity index (χ4n) is 3.47. The first kappa shape index (κ1) is 12.1. The van der Waals surface area contributed by atoms with Crippen LogP contribution in [0.5, 0.6) is 0 Å². The van der Waals surface area contributed by atoms with Gasteiger partial charge in [0.15, 0.2) is 0 Å². The highest BCUT2D eigenvalue weighted by Crippen LogP contribution is 2.42. The first-order valence-corrected chi connectivity index (χ1v) is 6.52. The van der Waals surface area contributed by atoms with E-state index in [-0.39, 0.29) is 0 Å². The molecule has 0 heterocycles. The number of hydrogen-bond acceptors (Lipinski definition) is 0. The summed E-state index contributed by atoms with van der Waals surface area (Å²) in [4.78, 5) is 0. The third-order valence-corrected chi connectivity index (χ3v) is 4.06. The SMILES string of the molecule is CC(C)CC(C)C1CCCC1C(C)C. The van der Waals surface area contributed by atoms with E-state index in [0.717, 1.165) is 29.6 Å². The summed E-state index contributed by atoms with van der Waals surface area (Å²) in [7, 11) is 0. The van der Waals surface area contributed by atoms with Gasteiger partial charge < -0.3 is 0 Å². The van der Waals surface area contributed by atoms with E-state index in [2.05, 4.69) is 34.6 Å². The van der Waals surface area contributed by atoms with Crippen molar-refractivity contribution in [2.24, 2.45) is 29.6 Å². The summed E-state index contributed by atoms with van der Waals surface area (Å²) in [5, 5.41) is 0. The predicted molar refractivity (Wildman–Crippen MR) is 64.3 cm³/mol. The zero-order chi connectivity index (χ0) is 10.7. The van der Waals surface area contributed by atoms with E-state index in [0.29, 0.717) is 0 Å². The molecule has 0 aromatic carbocycles. The maximum Gasteiger partial charge on any atom is -0.0358 e. The molecule has 3 atom stereocenters. The smallest absolute Gasteiger partial charge is 0.0358 e. The molecule has 1 aliphatic rings.